The van der Waals surface area contributed by atoms with Crippen molar-refractivity contribution in [3.05, 3.63) is 0 Å². The van der Waals surface area contributed by atoms with Crippen LogP contribution in [0.5, 0.6) is 0 Å². The first-order valence-electron chi connectivity index (χ1n) is 5.99. The van der Waals surface area contributed by atoms with Gasteiger partial charge in [-0.2, -0.15) is 0 Å². The highest BCUT2D eigenvalue weighted by molar-refractivity contribution is 4.66. The molecule has 90 valence electrons. The summed E-state index contributed by atoms with van der Waals surface area (Å²) in [5.41, 5.74) is 0. The number of methoxy groups -OCH3 is 1. The highest BCUT2D eigenvalue weighted by atomic mass is 16.5. The van der Waals surface area contributed by atoms with Gasteiger partial charge in [-0.15, -0.1) is 0 Å². The summed E-state index contributed by atoms with van der Waals surface area (Å²) in [6.07, 6.45) is 1.50. The third-order valence-electron chi connectivity index (χ3n) is 2.94. The zero-order chi connectivity index (χ0) is 10.9. The maximum Gasteiger partial charge on any atom is 0.0555 e. The first kappa shape index (κ1) is 12.9. The van der Waals surface area contributed by atoms with Gasteiger partial charge in [0.1, 0.15) is 0 Å². The van der Waals surface area contributed by atoms with Crippen molar-refractivity contribution < 1.29 is 4.74 Å². The van der Waals surface area contributed by atoms with Crippen molar-refractivity contribution in [1.82, 2.24) is 15.5 Å². The average Bonchev–Trinajstić information content (AvgIpc) is 2.39. The summed E-state index contributed by atoms with van der Waals surface area (Å²) in [5, 5.41) is 6.85. The maximum absolute atomic E-state index is 5.26. The van der Waals surface area contributed by atoms with Crippen molar-refractivity contribution in [2.24, 2.45) is 0 Å². The molecule has 0 bridgehead atoms. The largest absolute Gasteiger partial charge is 0.382 e. The molecule has 1 rings (SSSR count). The van der Waals surface area contributed by atoms with E-state index in [1.165, 1.54) is 0 Å². The van der Waals surface area contributed by atoms with Crippen LogP contribution in [0, 0.1) is 0 Å². The van der Waals surface area contributed by atoms with Gasteiger partial charge in [-0.25, -0.2) is 0 Å². The molecule has 1 aliphatic heterocycles. The van der Waals surface area contributed by atoms with Crippen LogP contribution in [0.4, 0.5) is 0 Å². The summed E-state index contributed by atoms with van der Waals surface area (Å²) >= 11 is 0. The zero-order valence-electron chi connectivity index (χ0n) is 10.1. The first-order valence-corrected chi connectivity index (χ1v) is 5.99. The molecule has 0 amide bonds. The third kappa shape index (κ3) is 6.10. The van der Waals surface area contributed by atoms with Crippen molar-refractivity contribution in [3.8, 4) is 0 Å². The van der Waals surface area contributed by atoms with Crippen molar-refractivity contribution in [1.29, 1.82) is 0 Å². The molecule has 0 aromatic carbocycles. The second kappa shape index (κ2) is 8.05. The van der Waals surface area contributed by atoms with Crippen LogP contribution in [0.25, 0.3) is 0 Å². The molecule has 0 radical (unpaired) electrons. The van der Waals surface area contributed by atoms with Crippen molar-refractivity contribution in [3.63, 3.8) is 0 Å². The standard InChI is InChI=1S/C11H25N3O/c1-11(15-2)3-8-14-9-6-12-4-5-13-7-10-14/h11-13H,3-10H2,1-2H3. The molecule has 0 spiro atoms. The minimum Gasteiger partial charge on any atom is -0.382 e. The van der Waals surface area contributed by atoms with Crippen LogP contribution in [0.2, 0.25) is 0 Å². The first-order chi connectivity index (χ1) is 7.33. The van der Waals surface area contributed by atoms with Gasteiger partial charge in [-0.05, 0) is 13.3 Å². The molecule has 0 aromatic heterocycles. The molecule has 1 fully saturated rings. The van der Waals surface area contributed by atoms with Gasteiger partial charge >= 0.3 is 0 Å². The second-order valence-electron chi connectivity index (χ2n) is 4.18. The fraction of sp³-hybridized carbons (Fsp3) is 1.00. The van der Waals surface area contributed by atoms with E-state index < -0.39 is 0 Å². The van der Waals surface area contributed by atoms with E-state index in [2.05, 4.69) is 22.5 Å². The molecule has 1 aliphatic rings. The summed E-state index contributed by atoms with van der Waals surface area (Å²) in [6.45, 7) is 9.94. The van der Waals surface area contributed by atoms with Crippen LogP contribution in [0.15, 0.2) is 0 Å². The predicted octanol–water partition coefficient (Wildman–Crippen LogP) is -0.0938. The van der Waals surface area contributed by atoms with Gasteiger partial charge in [0.05, 0.1) is 6.10 Å². The number of rotatable bonds is 4. The van der Waals surface area contributed by atoms with Gasteiger partial charge in [0.2, 0.25) is 0 Å². The Morgan fingerprint density at radius 2 is 1.73 bits per heavy atom. The van der Waals surface area contributed by atoms with Crippen LogP contribution in [0.3, 0.4) is 0 Å². The van der Waals surface area contributed by atoms with E-state index in [0.717, 1.165) is 52.2 Å². The van der Waals surface area contributed by atoms with Crippen LogP contribution >= 0.6 is 0 Å². The zero-order valence-corrected chi connectivity index (χ0v) is 10.1. The molecular weight excluding hydrogens is 190 g/mol. The molecule has 15 heavy (non-hydrogen) atoms. The van der Waals surface area contributed by atoms with E-state index in [4.69, 9.17) is 4.74 Å². The summed E-state index contributed by atoms with van der Waals surface area (Å²) in [5.74, 6) is 0. The topological polar surface area (TPSA) is 36.5 Å². The Labute approximate surface area is 93.4 Å². The lowest BCUT2D eigenvalue weighted by Crippen LogP contribution is -2.35. The molecule has 1 atom stereocenters. The van der Waals surface area contributed by atoms with Crippen molar-refractivity contribution in [2.45, 2.75) is 19.4 Å². The van der Waals surface area contributed by atoms with Crippen molar-refractivity contribution in [2.75, 3.05) is 52.9 Å². The molecule has 1 unspecified atom stereocenters. The van der Waals surface area contributed by atoms with Gasteiger partial charge in [-0.3, -0.25) is 0 Å². The molecule has 4 heteroatoms. The Balaban J connectivity index is 2.18. The Morgan fingerprint density at radius 1 is 1.13 bits per heavy atom. The number of nitrogens with one attached hydrogen (secondary N) is 2. The van der Waals surface area contributed by atoms with E-state index in [1.54, 1.807) is 7.11 Å². The fourth-order valence-electron chi connectivity index (χ4n) is 1.72. The van der Waals surface area contributed by atoms with E-state index in [9.17, 15) is 0 Å². The SMILES string of the molecule is COC(C)CCN1CCNCCNCC1. The van der Waals surface area contributed by atoms with Gasteiger partial charge in [0.15, 0.2) is 0 Å². The van der Waals surface area contributed by atoms with Crippen LogP contribution in [-0.4, -0.2) is 63.9 Å². The second-order valence-corrected chi connectivity index (χ2v) is 4.18. The molecule has 1 heterocycles. The van der Waals surface area contributed by atoms with Crippen LogP contribution in [0.1, 0.15) is 13.3 Å². The van der Waals surface area contributed by atoms with E-state index in [-0.39, 0.29) is 0 Å². The molecule has 0 aromatic rings. The Morgan fingerprint density at radius 3 is 2.27 bits per heavy atom. The Kier molecular flexibility index (Phi) is 6.92. The molecule has 0 saturated carbocycles. The van der Waals surface area contributed by atoms with Gasteiger partial charge < -0.3 is 20.3 Å². The Hall–Kier alpha value is -0.160. The van der Waals surface area contributed by atoms with Crippen molar-refractivity contribution >= 4 is 0 Å². The normalized spacial score (nSPS) is 22.8. The summed E-state index contributed by atoms with van der Waals surface area (Å²) in [6, 6.07) is 0. The molecule has 0 aliphatic carbocycles. The molecular formula is C11H25N3O. The number of nitrogens with zero attached hydrogens (tertiary/aromatic N) is 1. The average molecular weight is 215 g/mol. The predicted molar refractivity (Wildman–Crippen MR) is 63.3 cm³/mol. The fourth-order valence-corrected chi connectivity index (χ4v) is 1.72. The van der Waals surface area contributed by atoms with Crippen LogP contribution < -0.4 is 10.6 Å². The molecule has 2 N–H and O–H groups in total. The summed E-state index contributed by atoms with van der Waals surface area (Å²) in [7, 11) is 1.78. The highest BCUT2D eigenvalue weighted by Crippen LogP contribution is 1.98. The number of hydrogen-bond acceptors (Lipinski definition) is 4. The Bertz CT molecular complexity index is 145. The summed E-state index contributed by atoms with van der Waals surface area (Å²) < 4.78 is 5.26. The lowest BCUT2D eigenvalue weighted by Gasteiger charge is -2.22. The number of hydrogen-bond donors (Lipinski definition) is 2. The minimum atomic E-state index is 0.374. The minimum absolute atomic E-state index is 0.374. The molecule has 1 saturated heterocycles. The van der Waals surface area contributed by atoms with Gasteiger partial charge in [0, 0.05) is 52.9 Å². The molecule has 4 nitrogen and oxygen atoms in total. The smallest absolute Gasteiger partial charge is 0.0555 e. The van der Waals surface area contributed by atoms with Gasteiger partial charge in [-0.1, -0.05) is 0 Å². The highest BCUT2D eigenvalue weighted by Gasteiger charge is 2.08. The monoisotopic (exact) mass is 215 g/mol. The van der Waals surface area contributed by atoms with Gasteiger partial charge in [0.25, 0.3) is 0 Å². The van der Waals surface area contributed by atoms with E-state index in [1.807, 2.05) is 0 Å². The quantitative estimate of drug-likeness (QED) is 0.687. The number of ether oxygens (including phenoxy) is 1. The van der Waals surface area contributed by atoms with E-state index >= 15 is 0 Å². The maximum atomic E-state index is 5.26. The lowest BCUT2D eigenvalue weighted by atomic mass is 10.2. The summed E-state index contributed by atoms with van der Waals surface area (Å²) in [4.78, 5) is 2.50. The lowest BCUT2D eigenvalue weighted by molar-refractivity contribution is 0.0977. The van der Waals surface area contributed by atoms with E-state index in [0.29, 0.717) is 6.10 Å². The van der Waals surface area contributed by atoms with Crippen LogP contribution in [-0.2, 0) is 4.74 Å². The third-order valence-corrected chi connectivity index (χ3v) is 2.94.